The Balaban J connectivity index is 1.97. The minimum atomic E-state index is -0.892. The number of carbonyl (C=O) groups excluding carboxylic acids is 3. The fraction of sp³-hybridized carbons (Fsp3) is 0.222. The summed E-state index contributed by atoms with van der Waals surface area (Å²) in [4.78, 5) is 40.3. The van der Waals surface area contributed by atoms with Gasteiger partial charge in [0.1, 0.15) is 17.6 Å². The van der Waals surface area contributed by atoms with Gasteiger partial charge in [-0.05, 0) is 42.3 Å². The molecule has 0 fully saturated rings. The Labute approximate surface area is 150 Å². The molecule has 0 unspecified atom stereocenters. The molecule has 1 heterocycles. The SMILES string of the molecule is CC(C)[C@@H](NC(=O)c1ccc(F)cc1)C(=O)NNC(=O)c1ccccn1. The first kappa shape index (κ1) is 19.0. The molecule has 2 rings (SSSR count). The van der Waals surface area contributed by atoms with E-state index in [-0.39, 0.29) is 17.2 Å². The molecule has 0 radical (unpaired) electrons. The third-order valence-corrected chi connectivity index (χ3v) is 3.54. The van der Waals surface area contributed by atoms with E-state index in [0.717, 1.165) is 12.1 Å². The Morgan fingerprint density at radius 2 is 1.65 bits per heavy atom. The molecule has 3 N–H and O–H groups in total. The molecule has 1 aromatic heterocycles. The molecule has 0 spiro atoms. The van der Waals surface area contributed by atoms with E-state index in [1.165, 1.54) is 24.4 Å². The Kier molecular flexibility index (Phi) is 6.37. The van der Waals surface area contributed by atoms with Gasteiger partial charge in [0.15, 0.2) is 0 Å². The summed E-state index contributed by atoms with van der Waals surface area (Å²) in [6.07, 6.45) is 1.45. The van der Waals surface area contributed by atoms with Gasteiger partial charge in [0.25, 0.3) is 17.7 Å². The van der Waals surface area contributed by atoms with Crippen LogP contribution in [0, 0.1) is 11.7 Å². The lowest BCUT2D eigenvalue weighted by molar-refractivity contribution is -0.124. The van der Waals surface area contributed by atoms with Gasteiger partial charge in [-0.15, -0.1) is 0 Å². The van der Waals surface area contributed by atoms with Crippen molar-refractivity contribution in [2.45, 2.75) is 19.9 Å². The van der Waals surface area contributed by atoms with Crippen LogP contribution in [0.1, 0.15) is 34.7 Å². The second kappa shape index (κ2) is 8.70. The first-order valence-electron chi connectivity index (χ1n) is 7.96. The monoisotopic (exact) mass is 358 g/mol. The van der Waals surface area contributed by atoms with Crippen LogP contribution in [0.15, 0.2) is 48.7 Å². The van der Waals surface area contributed by atoms with Gasteiger partial charge in [-0.1, -0.05) is 19.9 Å². The molecule has 26 heavy (non-hydrogen) atoms. The topological polar surface area (TPSA) is 100 Å². The van der Waals surface area contributed by atoms with Crippen LogP contribution in [0.2, 0.25) is 0 Å². The van der Waals surface area contributed by atoms with E-state index in [0.29, 0.717) is 0 Å². The highest BCUT2D eigenvalue weighted by molar-refractivity contribution is 5.98. The van der Waals surface area contributed by atoms with E-state index in [1.807, 2.05) is 0 Å². The van der Waals surface area contributed by atoms with Gasteiger partial charge in [-0.2, -0.15) is 0 Å². The second-order valence-corrected chi connectivity index (χ2v) is 5.86. The third kappa shape index (κ3) is 5.10. The first-order valence-corrected chi connectivity index (χ1v) is 7.96. The highest BCUT2D eigenvalue weighted by Gasteiger charge is 2.25. The summed E-state index contributed by atoms with van der Waals surface area (Å²) in [6.45, 7) is 3.49. The van der Waals surface area contributed by atoms with E-state index in [1.54, 1.807) is 26.0 Å². The molecule has 0 saturated heterocycles. The van der Waals surface area contributed by atoms with Crippen molar-refractivity contribution < 1.29 is 18.8 Å². The van der Waals surface area contributed by atoms with Crippen molar-refractivity contribution in [2.24, 2.45) is 5.92 Å². The van der Waals surface area contributed by atoms with Crippen LogP contribution >= 0.6 is 0 Å². The number of rotatable bonds is 5. The average Bonchev–Trinajstić information content (AvgIpc) is 2.64. The summed E-state index contributed by atoms with van der Waals surface area (Å²) in [5.74, 6) is -2.39. The highest BCUT2D eigenvalue weighted by atomic mass is 19.1. The number of carbonyl (C=O) groups is 3. The quantitative estimate of drug-likeness (QED) is 0.704. The van der Waals surface area contributed by atoms with Crippen molar-refractivity contribution in [1.82, 2.24) is 21.2 Å². The van der Waals surface area contributed by atoms with Crippen molar-refractivity contribution in [3.8, 4) is 0 Å². The van der Waals surface area contributed by atoms with Crippen LogP contribution < -0.4 is 16.2 Å². The normalized spacial score (nSPS) is 11.5. The maximum Gasteiger partial charge on any atom is 0.288 e. The Bertz CT molecular complexity index is 779. The molecule has 1 atom stereocenters. The number of amides is 3. The number of halogens is 1. The van der Waals surface area contributed by atoms with Gasteiger partial charge in [0.05, 0.1) is 0 Å². The Morgan fingerprint density at radius 1 is 0.962 bits per heavy atom. The Morgan fingerprint density at radius 3 is 2.23 bits per heavy atom. The number of pyridine rings is 1. The summed E-state index contributed by atoms with van der Waals surface area (Å²) in [7, 11) is 0. The van der Waals surface area contributed by atoms with Crippen LogP contribution in [-0.4, -0.2) is 28.7 Å². The zero-order valence-corrected chi connectivity index (χ0v) is 14.3. The standard InChI is InChI=1S/C18H19FN4O3/c1-11(2)15(21-16(24)12-6-8-13(19)9-7-12)18(26)23-22-17(25)14-5-3-4-10-20-14/h3-11,15H,1-2H3,(H,21,24)(H,22,25)(H,23,26)/t15-/m1/s1. The van der Waals surface area contributed by atoms with Crippen LogP contribution in [0.3, 0.4) is 0 Å². The van der Waals surface area contributed by atoms with Gasteiger partial charge in [-0.3, -0.25) is 30.2 Å². The summed E-state index contributed by atoms with van der Waals surface area (Å²) in [6, 6.07) is 8.87. The number of hydrazine groups is 1. The van der Waals surface area contributed by atoms with Crippen LogP contribution in [0.25, 0.3) is 0 Å². The number of benzene rings is 1. The fourth-order valence-corrected chi connectivity index (χ4v) is 2.12. The zero-order chi connectivity index (χ0) is 19.1. The van der Waals surface area contributed by atoms with Crippen LogP contribution in [0.4, 0.5) is 4.39 Å². The Hall–Kier alpha value is -3.29. The van der Waals surface area contributed by atoms with Crippen LogP contribution in [-0.2, 0) is 4.79 Å². The molecule has 0 bridgehead atoms. The van der Waals surface area contributed by atoms with Crippen LogP contribution in [0.5, 0.6) is 0 Å². The summed E-state index contributed by atoms with van der Waals surface area (Å²) in [5.41, 5.74) is 4.90. The number of hydrogen-bond acceptors (Lipinski definition) is 4. The molecule has 0 aliphatic carbocycles. The minimum Gasteiger partial charge on any atom is -0.340 e. The smallest absolute Gasteiger partial charge is 0.288 e. The molecule has 0 aliphatic heterocycles. The van der Waals surface area contributed by atoms with E-state index in [2.05, 4.69) is 21.2 Å². The van der Waals surface area contributed by atoms with Crippen molar-refractivity contribution in [3.63, 3.8) is 0 Å². The molecule has 136 valence electrons. The van der Waals surface area contributed by atoms with Gasteiger partial charge in [0, 0.05) is 11.8 Å². The van der Waals surface area contributed by atoms with Gasteiger partial charge in [-0.25, -0.2) is 4.39 Å². The largest absolute Gasteiger partial charge is 0.340 e. The van der Waals surface area contributed by atoms with E-state index < -0.39 is 29.6 Å². The molecule has 8 heteroatoms. The molecule has 1 aromatic carbocycles. The minimum absolute atomic E-state index is 0.143. The lowest BCUT2D eigenvalue weighted by Crippen LogP contribution is -2.54. The van der Waals surface area contributed by atoms with Crippen molar-refractivity contribution in [1.29, 1.82) is 0 Å². The predicted molar refractivity (Wildman–Crippen MR) is 92.3 cm³/mol. The highest BCUT2D eigenvalue weighted by Crippen LogP contribution is 2.06. The molecule has 0 aliphatic rings. The predicted octanol–water partition coefficient (Wildman–Crippen LogP) is 1.44. The molecule has 0 saturated carbocycles. The fourth-order valence-electron chi connectivity index (χ4n) is 2.12. The lowest BCUT2D eigenvalue weighted by Gasteiger charge is -2.21. The van der Waals surface area contributed by atoms with Crippen molar-refractivity contribution >= 4 is 17.7 Å². The average molecular weight is 358 g/mol. The van der Waals surface area contributed by atoms with Crippen molar-refractivity contribution in [3.05, 3.63) is 65.7 Å². The molecule has 7 nitrogen and oxygen atoms in total. The molecule has 2 aromatic rings. The van der Waals surface area contributed by atoms with Gasteiger partial charge >= 0.3 is 0 Å². The number of nitrogens with zero attached hydrogens (tertiary/aromatic N) is 1. The molecule has 3 amide bonds. The maximum atomic E-state index is 12.9. The lowest BCUT2D eigenvalue weighted by atomic mass is 10.0. The summed E-state index contributed by atoms with van der Waals surface area (Å²) >= 11 is 0. The van der Waals surface area contributed by atoms with Gasteiger partial charge < -0.3 is 5.32 Å². The van der Waals surface area contributed by atoms with E-state index in [9.17, 15) is 18.8 Å². The van der Waals surface area contributed by atoms with E-state index in [4.69, 9.17) is 0 Å². The number of nitrogens with one attached hydrogen (secondary N) is 3. The molecular weight excluding hydrogens is 339 g/mol. The maximum absolute atomic E-state index is 12.9. The van der Waals surface area contributed by atoms with Gasteiger partial charge in [0.2, 0.25) is 0 Å². The first-order chi connectivity index (χ1) is 12.4. The second-order valence-electron chi connectivity index (χ2n) is 5.86. The van der Waals surface area contributed by atoms with Crippen molar-refractivity contribution in [2.75, 3.05) is 0 Å². The summed E-state index contributed by atoms with van der Waals surface area (Å²) in [5, 5.41) is 2.58. The zero-order valence-electron chi connectivity index (χ0n) is 14.3. The third-order valence-electron chi connectivity index (χ3n) is 3.54. The number of hydrogen-bond donors (Lipinski definition) is 3. The van der Waals surface area contributed by atoms with E-state index >= 15 is 0 Å². The molecular formula is C18H19FN4O3. The number of aromatic nitrogens is 1. The summed E-state index contributed by atoms with van der Waals surface area (Å²) < 4.78 is 12.9.